The highest BCUT2D eigenvalue weighted by molar-refractivity contribution is 7.17. The number of ether oxygens (including phenoxy) is 1. The van der Waals surface area contributed by atoms with E-state index < -0.39 is 11.9 Å². The molecule has 0 radical (unpaired) electrons. The van der Waals surface area contributed by atoms with Crippen molar-refractivity contribution in [1.29, 1.82) is 5.41 Å². The lowest BCUT2D eigenvalue weighted by molar-refractivity contribution is -0.136. The minimum atomic E-state index is -0.896. The van der Waals surface area contributed by atoms with Crippen LogP contribution in [0.1, 0.15) is 21.7 Å². The van der Waals surface area contributed by atoms with E-state index in [0.29, 0.717) is 27.9 Å². The number of amidine groups is 1. The molecule has 24 heavy (non-hydrogen) atoms. The van der Waals surface area contributed by atoms with Crippen LogP contribution in [0.4, 0.5) is 5.13 Å². The zero-order valence-corrected chi connectivity index (χ0v) is 13.7. The van der Waals surface area contributed by atoms with Crippen molar-refractivity contribution >= 4 is 34.2 Å². The summed E-state index contributed by atoms with van der Waals surface area (Å²) in [5.74, 6) is -1.18. The van der Waals surface area contributed by atoms with Crippen molar-refractivity contribution in [2.24, 2.45) is 5.73 Å². The largest absolute Gasteiger partial charge is 0.481 e. The number of carbonyl (C=O) groups excluding carboxylic acids is 1. The molecule has 0 aliphatic carbocycles. The standard InChI is InChI=1S/C15H16N4O4S/c1-19(7-6-12(20)21)15-18-8-11(24-15)14(22)23-10-4-2-9(3-5-10)13(16)17/h2-5,8H,6-7H2,1H3,(H3,16,17)(H,20,21). The number of hydrogen-bond acceptors (Lipinski definition) is 7. The number of hydrogen-bond donors (Lipinski definition) is 3. The number of nitrogens with one attached hydrogen (secondary N) is 1. The number of aromatic nitrogens is 1. The van der Waals surface area contributed by atoms with E-state index in [1.807, 2.05) is 0 Å². The van der Waals surface area contributed by atoms with Gasteiger partial charge in [0, 0.05) is 19.2 Å². The molecule has 126 valence electrons. The van der Waals surface area contributed by atoms with Gasteiger partial charge in [0.05, 0.1) is 12.6 Å². The zero-order valence-electron chi connectivity index (χ0n) is 12.9. The second-order valence-corrected chi connectivity index (χ2v) is 5.91. The van der Waals surface area contributed by atoms with E-state index in [1.165, 1.54) is 6.20 Å². The number of esters is 1. The SMILES string of the molecule is CN(CCC(=O)O)c1ncc(C(=O)Oc2ccc(C(=N)N)cc2)s1. The van der Waals surface area contributed by atoms with E-state index in [-0.39, 0.29) is 12.3 Å². The van der Waals surface area contributed by atoms with E-state index in [9.17, 15) is 9.59 Å². The maximum absolute atomic E-state index is 12.1. The summed E-state index contributed by atoms with van der Waals surface area (Å²) in [6, 6.07) is 6.27. The summed E-state index contributed by atoms with van der Waals surface area (Å²) in [5.41, 5.74) is 5.90. The summed E-state index contributed by atoms with van der Waals surface area (Å²) in [6.45, 7) is 0.295. The van der Waals surface area contributed by atoms with Gasteiger partial charge in [-0.05, 0) is 24.3 Å². The highest BCUT2D eigenvalue weighted by Gasteiger charge is 2.15. The Bertz CT molecular complexity index is 757. The lowest BCUT2D eigenvalue weighted by Crippen LogP contribution is -2.20. The van der Waals surface area contributed by atoms with Crippen LogP contribution in [-0.4, -0.2) is 41.5 Å². The number of carboxylic acids is 1. The third kappa shape index (κ3) is 4.53. The van der Waals surface area contributed by atoms with E-state index in [2.05, 4.69) is 4.98 Å². The first-order valence-electron chi connectivity index (χ1n) is 6.92. The first kappa shape index (κ1) is 17.4. The Balaban J connectivity index is 2.00. The third-order valence-electron chi connectivity index (χ3n) is 3.06. The number of carbonyl (C=O) groups is 2. The Kier molecular flexibility index (Phi) is 5.48. The third-order valence-corrected chi connectivity index (χ3v) is 4.15. The van der Waals surface area contributed by atoms with Gasteiger partial charge >= 0.3 is 11.9 Å². The van der Waals surface area contributed by atoms with Crippen molar-refractivity contribution in [3.63, 3.8) is 0 Å². The second-order valence-electron chi connectivity index (χ2n) is 4.90. The number of nitrogens with zero attached hydrogens (tertiary/aromatic N) is 2. The lowest BCUT2D eigenvalue weighted by Gasteiger charge is -2.13. The van der Waals surface area contributed by atoms with Gasteiger partial charge in [0.25, 0.3) is 0 Å². The van der Waals surface area contributed by atoms with Gasteiger partial charge in [-0.2, -0.15) is 0 Å². The van der Waals surface area contributed by atoms with Gasteiger partial charge in [0.15, 0.2) is 5.13 Å². The summed E-state index contributed by atoms with van der Waals surface area (Å²) in [4.78, 5) is 28.8. The molecule has 8 nitrogen and oxygen atoms in total. The molecule has 1 aromatic carbocycles. The molecule has 2 aromatic rings. The van der Waals surface area contributed by atoms with Crippen LogP contribution in [0.5, 0.6) is 5.75 Å². The molecule has 0 aliphatic heterocycles. The van der Waals surface area contributed by atoms with Crippen LogP contribution < -0.4 is 15.4 Å². The summed E-state index contributed by atoms with van der Waals surface area (Å²) in [7, 11) is 1.71. The van der Waals surface area contributed by atoms with Gasteiger partial charge in [-0.3, -0.25) is 10.2 Å². The van der Waals surface area contributed by atoms with E-state index in [1.54, 1.807) is 36.2 Å². The molecule has 0 bridgehead atoms. The zero-order chi connectivity index (χ0) is 17.7. The minimum absolute atomic E-state index is 0.0155. The average Bonchev–Trinajstić information content (AvgIpc) is 3.03. The van der Waals surface area contributed by atoms with Crippen molar-refractivity contribution in [3.8, 4) is 5.75 Å². The number of benzene rings is 1. The van der Waals surface area contributed by atoms with Gasteiger partial charge in [-0.15, -0.1) is 0 Å². The van der Waals surface area contributed by atoms with Gasteiger partial charge in [-0.25, -0.2) is 9.78 Å². The highest BCUT2D eigenvalue weighted by Crippen LogP contribution is 2.23. The lowest BCUT2D eigenvalue weighted by atomic mass is 10.2. The molecular weight excluding hydrogens is 332 g/mol. The monoisotopic (exact) mass is 348 g/mol. The molecule has 9 heteroatoms. The topological polar surface area (TPSA) is 130 Å². The summed E-state index contributed by atoms with van der Waals surface area (Å²) >= 11 is 1.12. The predicted molar refractivity (Wildman–Crippen MR) is 90.1 cm³/mol. The number of nitrogens with two attached hydrogens (primary N) is 1. The van der Waals surface area contributed by atoms with Gasteiger partial charge in [0.2, 0.25) is 0 Å². The van der Waals surface area contributed by atoms with Gasteiger partial charge in [-0.1, -0.05) is 11.3 Å². The van der Waals surface area contributed by atoms with Crippen LogP contribution in [-0.2, 0) is 4.79 Å². The number of thiazole rings is 1. The number of rotatable bonds is 7. The number of anilines is 1. The summed E-state index contributed by atoms with van der Waals surface area (Å²) < 4.78 is 5.23. The number of carboxylic acid groups (broad SMARTS) is 1. The molecule has 0 unspecified atom stereocenters. The average molecular weight is 348 g/mol. The van der Waals surface area contributed by atoms with Gasteiger partial charge in [0.1, 0.15) is 16.5 Å². The molecule has 0 saturated heterocycles. The summed E-state index contributed by atoms with van der Waals surface area (Å²) in [6.07, 6.45) is 1.38. The van der Waals surface area contributed by atoms with Crippen molar-refractivity contribution < 1.29 is 19.4 Å². The van der Waals surface area contributed by atoms with Crippen molar-refractivity contribution in [2.45, 2.75) is 6.42 Å². The molecule has 4 N–H and O–H groups in total. The van der Waals surface area contributed by atoms with Crippen LogP contribution in [0.3, 0.4) is 0 Å². The first-order valence-corrected chi connectivity index (χ1v) is 7.74. The molecule has 1 aromatic heterocycles. The maximum Gasteiger partial charge on any atom is 0.355 e. The maximum atomic E-state index is 12.1. The molecule has 1 heterocycles. The normalized spacial score (nSPS) is 10.2. The van der Waals surface area contributed by atoms with E-state index in [0.717, 1.165) is 11.3 Å². The minimum Gasteiger partial charge on any atom is -0.481 e. The predicted octanol–water partition coefficient (Wildman–Crippen LogP) is 1.56. The van der Waals surface area contributed by atoms with Gasteiger partial charge < -0.3 is 20.5 Å². The number of nitrogen functional groups attached to an aromatic ring is 1. The first-order chi connectivity index (χ1) is 11.4. The number of aliphatic carboxylic acids is 1. The Hall–Kier alpha value is -2.94. The summed E-state index contributed by atoms with van der Waals surface area (Å²) in [5, 5.41) is 16.5. The molecule has 2 rings (SSSR count). The van der Waals surface area contributed by atoms with Crippen LogP contribution in [0.2, 0.25) is 0 Å². The quantitative estimate of drug-likeness (QED) is 0.299. The highest BCUT2D eigenvalue weighted by atomic mass is 32.1. The van der Waals surface area contributed by atoms with Crippen molar-refractivity contribution in [2.75, 3.05) is 18.5 Å². The Morgan fingerprint density at radius 1 is 1.38 bits per heavy atom. The van der Waals surface area contributed by atoms with Crippen LogP contribution in [0.15, 0.2) is 30.5 Å². The Morgan fingerprint density at radius 2 is 2.04 bits per heavy atom. The van der Waals surface area contributed by atoms with Crippen LogP contribution in [0.25, 0.3) is 0 Å². The fourth-order valence-electron chi connectivity index (χ4n) is 1.75. The molecule has 0 amide bonds. The molecule has 0 atom stereocenters. The van der Waals surface area contributed by atoms with Crippen molar-refractivity contribution in [1.82, 2.24) is 4.98 Å². The van der Waals surface area contributed by atoms with Crippen LogP contribution >= 0.6 is 11.3 Å². The fraction of sp³-hybridized carbons (Fsp3) is 0.200. The van der Waals surface area contributed by atoms with E-state index >= 15 is 0 Å². The smallest absolute Gasteiger partial charge is 0.355 e. The molecule has 0 fully saturated rings. The fourth-order valence-corrected chi connectivity index (χ4v) is 2.53. The van der Waals surface area contributed by atoms with E-state index in [4.69, 9.17) is 21.0 Å². The van der Waals surface area contributed by atoms with Crippen LogP contribution in [0, 0.1) is 5.41 Å². The molecule has 0 saturated carbocycles. The Morgan fingerprint density at radius 3 is 2.62 bits per heavy atom. The molecule has 0 aliphatic rings. The molecular formula is C15H16N4O4S. The molecule has 0 spiro atoms. The Labute approximate surface area is 142 Å². The second kappa shape index (κ2) is 7.55. The van der Waals surface area contributed by atoms with Crippen molar-refractivity contribution in [3.05, 3.63) is 40.9 Å².